The van der Waals surface area contributed by atoms with E-state index in [0.29, 0.717) is 23.1 Å². The number of carbonyl (C=O) groups excluding carboxylic acids is 2. The molecule has 0 aliphatic heterocycles. The van der Waals surface area contributed by atoms with Crippen LogP contribution >= 0.6 is 23.2 Å². The molecule has 0 saturated heterocycles. The second-order valence-corrected chi connectivity index (χ2v) is 7.30. The topological polar surface area (TPSA) is 49.4 Å². The summed E-state index contributed by atoms with van der Waals surface area (Å²) >= 11 is 12.1. The van der Waals surface area contributed by atoms with Crippen molar-refractivity contribution in [2.45, 2.75) is 39.3 Å². The van der Waals surface area contributed by atoms with Crippen LogP contribution < -0.4 is 5.32 Å². The lowest BCUT2D eigenvalue weighted by Gasteiger charge is -2.29. The lowest BCUT2D eigenvalue weighted by Crippen LogP contribution is -2.48. The van der Waals surface area contributed by atoms with Crippen molar-refractivity contribution >= 4 is 35.0 Å². The summed E-state index contributed by atoms with van der Waals surface area (Å²) in [5.74, 6) is -0.310. The average molecular weight is 407 g/mol. The summed E-state index contributed by atoms with van der Waals surface area (Å²) in [6.45, 7) is 4.61. The minimum absolute atomic E-state index is 0.142. The third-order valence-corrected chi connectivity index (χ3v) is 4.67. The van der Waals surface area contributed by atoms with Crippen LogP contribution in [-0.4, -0.2) is 29.3 Å². The van der Waals surface area contributed by atoms with Crippen LogP contribution in [-0.2, 0) is 22.6 Å². The number of nitrogens with one attached hydrogen (secondary N) is 1. The standard InChI is InChI=1S/C21H24Cl2N2O2/c1-3-10-24-21(27)15(2)25(14-17-7-5-9-19(23)12-17)20(26)13-16-6-4-8-18(22)11-16/h4-9,11-12,15H,3,10,13-14H2,1-2H3,(H,24,27)/t15-/m0/s1. The highest BCUT2D eigenvalue weighted by atomic mass is 35.5. The van der Waals surface area contributed by atoms with Crippen LogP contribution in [0.5, 0.6) is 0 Å². The SMILES string of the molecule is CCCNC(=O)[C@H](C)N(Cc1cccc(Cl)c1)C(=O)Cc1cccc(Cl)c1. The molecule has 6 heteroatoms. The number of amides is 2. The zero-order valence-corrected chi connectivity index (χ0v) is 17.1. The molecule has 2 amide bonds. The molecule has 4 nitrogen and oxygen atoms in total. The molecule has 0 heterocycles. The molecule has 0 radical (unpaired) electrons. The summed E-state index contributed by atoms with van der Waals surface area (Å²) in [4.78, 5) is 27.0. The normalized spacial score (nSPS) is 11.7. The summed E-state index contributed by atoms with van der Waals surface area (Å²) in [5.41, 5.74) is 1.68. The molecule has 0 aromatic heterocycles. The molecular formula is C21H24Cl2N2O2. The maximum Gasteiger partial charge on any atom is 0.242 e. The predicted molar refractivity (Wildman–Crippen MR) is 110 cm³/mol. The third-order valence-electron chi connectivity index (χ3n) is 4.20. The van der Waals surface area contributed by atoms with Gasteiger partial charge in [0.1, 0.15) is 6.04 Å². The van der Waals surface area contributed by atoms with Crippen molar-refractivity contribution in [3.8, 4) is 0 Å². The maximum absolute atomic E-state index is 13.0. The van der Waals surface area contributed by atoms with Crippen LogP contribution in [0.2, 0.25) is 10.0 Å². The number of nitrogens with zero attached hydrogens (tertiary/aromatic N) is 1. The van der Waals surface area contributed by atoms with Gasteiger partial charge in [-0.2, -0.15) is 0 Å². The lowest BCUT2D eigenvalue weighted by atomic mass is 10.1. The quantitative estimate of drug-likeness (QED) is 0.702. The molecule has 0 aliphatic carbocycles. The maximum atomic E-state index is 13.0. The summed E-state index contributed by atoms with van der Waals surface area (Å²) in [5, 5.41) is 4.03. The van der Waals surface area contributed by atoms with Gasteiger partial charge in [0.25, 0.3) is 0 Å². The highest BCUT2D eigenvalue weighted by Crippen LogP contribution is 2.17. The molecule has 0 fully saturated rings. The third kappa shape index (κ3) is 6.56. The van der Waals surface area contributed by atoms with Gasteiger partial charge in [-0.3, -0.25) is 9.59 Å². The molecule has 2 rings (SSSR count). The van der Waals surface area contributed by atoms with Crippen LogP contribution in [0.15, 0.2) is 48.5 Å². The van der Waals surface area contributed by atoms with Crippen molar-refractivity contribution in [1.82, 2.24) is 10.2 Å². The molecule has 0 unspecified atom stereocenters. The Bertz CT molecular complexity index is 795. The first-order valence-corrected chi connectivity index (χ1v) is 9.72. The van der Waals surface area contributed by atoms with E-state index < -0.39 is 6.04 Å². The van der Waals surface area contributed by atoms with Gasteiger partial charge < -0.3 is 10.2 Å². The lowest BCUT2D eigenvalue weighted by molar-refractivity contribution is -0.140. The van der Waals surface area contributed by atoms with E-state index >= 15 is 0 Å². The largest absolute Gasteiger partial charge is 0.354 e. The van der Waals surface area contributed by atoms with Crippen LogP contribution in [0.3, 0.4) is 0 Å². The first-order chi connectivity index (χ1) is 12.9. The smallest absolute Gasteiger partial charge is 0.242 e. The van der Waals surface area contributed by atoms with Gasteiger partial charge in [0.05, 0.1) is 6.42 Å². The zero-order valence-electron chi connectivity index (χ0n) is 15.5. The summed E-state index contributed by atoms with van der Waals surface area (Å²) in [7, 11) is 0. The molecule has 0 aliphatic rings. The van der Waals surface area contributed by atoms with E-state index in [2.05, 4.69) is 5.32 Å². The Morgan fingerprint density at radius 1 is 1.04 bits per heavy atom. The first kappa shape index (κ1) is 21.3. The van der Waals surface area contributed by atoms with Crippen LogP contribution in [0.4, 0.5) is 0 Å². The molecule has 0 bridgehead atoms. The van der Waals surface area contributed by atoms with Gasteiger partial charge in [-0.25, -0.2) is 0 Å². The molecule has 1 atom stereocenters. The Hall–Kier alpha value is -2.04. The Kier molecular flexibility index (Phi) is 8.14. The number of rotatable bonds is 8. The molecule has 1 N–H and O–H groups in total. The van der Waals surface area contributed by atoms with Gasteiger partial charge in [0.2, 0.25) is 11.8 Å². The van der Waals surface area contributed by atoms with E-state index in [0.717, 1.165) is 17.5 Å². The van der Waals surface area contributed by atoms with Gasteiger partial charge in [-0.05, 0) is 48.7 Å². The molecular weight excluding hydrogens is 383 g/mol. The van der Waals surface area contributed by atoms with Gasteiger partial charge in [0, 0.05) is 23.1 Å². The first-order valence-electron chi connectivity index (χ1n) is 8.96. The van der Waals surface area contributed by atoms with Crippen molar-refractivity contribution < 1.29 is 9.59 Å². The van der Waals surface area contributed by atoms with Crippen molar-refractivity contribution in [3.05, 3.63) is 69.7 Å². The van der Waals surface area contributed by atoms with Gasteiger partial charge in [-0.1, -0.05) is 54.4 Å². The number of carbonyl (C=O) groups is 2. The monoisotopic (exact) mass is 406 g/mol. The summed E-state index contributed by atoms with van der Waals surface area (Å²) < 4.78 is 0. The Labute approximate surface area is 170 Å². The summed E-state index contributed by atoms with van der Waals surface area (Å²) in [6, 6.07) is 13.9. The van der Waals surface area contributed by atoms with E-state index in [9.17, 15) is 9.59 Å². The van der Waals surface area contributed by atoms with Crippen molar-refractivity contribution in [2.75, 3.05) is 6.54 Å². The van der Waals surface area contributed by atoms with Gasteiger partial charge >= 0.3 is 0 Å². The fourth-order valence-corrected chi connectivity index (χ4v) is 3.16. The minimum Gasteiger partial charge on any atom is -0.354 e. The van der Waals surface area contributed by atoms with Crippen LogP contribution in [0.25, 0.3) is 0 Å². The fourth-order valence-electron chi connectivity index (χ4n) is 2.73. The number of benzene rings is 2. The van der Waals surface area contributed by atoms with Crippen molar-refractivity contribution in [1.29, 1.82) is 0 Å². The number of hydrogen-bond acceptors (Lipinski definition) is 2. The predicted octanol–water partition coefficient (Wildman–Crippen LogP) is 4.48. The van der Waals surface area contributed by atoms with E-state index in [-0.39, 0.29) is 18.2 Å². The highest BCUT2D eigenvalue weighted by molar-refractivity contribution is 6.30. The second kappa shape index (κ2) is 10.3. The fraction of sp³-hybridized carbons (Fsp3) is 0.333. The molecule has 2 aromatic carbocycles. The molecule has 144 valence electrons. The average Bonchev–Trinajstić information content (AvgIpc) is 2.63. The van der Waals surface area contributed by atoms with E-state index in [1.54, 1.807) is 36.1 Å². The van der Waals surface area contributed by atoms with E-state index in [1.165, 1.54) is 0 Å². The highest BCUT2D eigenvalue weighted by Gasteiger charge is 2.26. The molecule has 0 saturated carbocycles. The van der Waals surface area contributed by atoms with Crippen LogP contribution in [0.1, 0.15) is 31.4 Å². The summed E-state index contributed by atoms with van der Waals surface area (Å²) in [6.07, 6.45) is 1.01. The molecule has 27 heavy (non-hydrogen) atoms. The minimum atomic E-state index is -0.595. The van der Waals surface area contributed by atoms with E-state index in [1.807, 2.05) is 31.2 Å². The van der Waals surface area contributed by atoms with Crippen molar-refractivity contribution in [3.63, 3.8) is 0 Å². The molecule has 0 spiro atoms. The Morgan fingerprint density at radius 3 is 2.22 bits per heavy atom. The Balaban J connectivity index is 2.21. The van der Waals surface area contributed by atoms with Gasteiger partial charge in [-0.15, -0.1) is 0 Å². The van der Waals surface area contributed by atoms with Gasteiger partial charge in [0.15, 0.2) is 0 Å². The zero-order chi connectivity index (χ0) is 19.8. The van der Waals surface area contributed by atoms with Crippen LogP contribution in [0, 0.1) is 0 Å². The Morgan fingerprint density at radius 2 is 1.63 bits per heavy atom. The number of halogens is 2. The molecule has 2 aromatic rings. The van der Waals surface area contributed by atoms with Crippen molar-refractivity contribution in [2.24, 2.45) is 0 Å². The number of hydrogen-bond donors (Lipinski definition) is 1. The van der Waals surface area contributed by atoms with E-state index in [4.69, 9.17) is 23.2 Å². The second-order valence-electron chi connectivity index (χ2n) is 6.43.